The van der Waals surface area contributed by atoms with Crippen LogP contribution < -0.4 is 0 Å². The van der Waals surface area contributed by atoms with E-state index in [1.165, 1.54) is 60.8 Å². The van der Waals surface area contributed by atoms with E-state index in [2.05, 4.69) is 34.6 Å². The fourth-order valence-corrected chi connectivity index (χ4v) is 6.32. The van der Waals surface area contributed by atoms with Gasteiger partial charge in [0.2, 0.25) is 0 Å². The number of rotatable bonds is 6. The molecule has 2 saturated carbocycles. The van der Waals surface area contributed by atoms with Crippen molar-refractivity contribution in [2.45, 2.75) is 111 Å². The number of allylic oxidation sites excluding steroid dienone is 1. The molecule has 0 saturated heterocycles. The molecule has 0 atom stereocenters. The molecule has 1 aromatic carbocycles. The van der Waals surface area contributed by atoms with Crippen LogP contribution in [0.1, 0.15) is 110 Å². The fraction of sp³-hybridized carbons (Fsp3) is 0.714. The molecule has 1 aromatic rings. The molecule has 0 spiro atoms. The van der Waals surface area contributed by atoms with Crippen LogP contribution in [-0.4, -0.2) is 0 Å². The Morgan fingerprint density at radius 1 is 0.767 bits per heavy atom. The molecule has 2 fully saturated rings. The minimum atomic E-state index is -1.52. The number of hydrogen-bond donors (Lipinski definition) is 0. The second-order valence-electron chi connectivity index (χ2n) is 10.5. The van der Waals surface area contributed by atoms with Gasteiger partial charge in [0.25, 0.3) is 6.08 Å². The summed E-state index contributed by atoms with van der Waals surface area (Å²) in [6, 6.07) is 0. The third-order valence-corrected chi connectivity index (χ3v) is 8.64. The molecule has 0 unspecified atom stereocenters. The van der Waals surface area contributed by atoms with Gasteiger partial charge >= 0.3 is 0 Å². The first kappa shape index (κ1) is 23.5. The third kappa shape index (κ3) is 5.54. The standard InChI is InChI=1S/C28H42F2/c1-18-6-8-23(9-7-18)12-16-26-19(2)21(4)28(22(5)20(26)3)25-14-10-24(11-15-25)13-17-27(29)30/h17-18,23-25H,6-16H2,1-5H3. The molecule has 0 N–H and O–H groups in total. The van der Waals surface area contributed by atoms with Gasteiger partial charge in [-0.05, 0) is 136 Å². The molecule has 2 aliphatic rings. The average Bonchev–Trinajstić information content (AvgIpc) is 2.73. The van der Waals surface area contributed by atoms with Crippen molar-refractivity contribution in [1.82, 2.24) is 0 Å². The Morgan fingerprint density at radius 2 is 1.30 bits per heavy atom. The van der Waals surface area contributed by atoms with Crippen LogP contribution in [0.4, 0.5) is 8.78 Å². The molecule has 0 bridgehead atoms. The maximum Gasteiger partial charge on any atom is 0.266 e. The van der Waals surface area contributed by atoms with Crippen molar-refractivity contribution in [3.8, 4) is 0 Å². The van der Waals surface area contributed by atoms with Crippen LogP contribution >= 0.6 is 0 Å². The molecule has 2 heteroatoms. The Kier molecular flexibility index (Phi) is 8.16. The van der Waals surface area contributed by atoms with E-state index >= 15 is 0 Å². The molecule has 30 heavy (non-hydrogen) atoms. The third-order valence-electron chi connectivity index (χ3n) is 8.64. The van der Waals surface area contributed by atoms with Gasteiger partial charge in [-0.1, -0.05) is 32.6 Å². The van der Waals surface area contributed by atoms with Crippen molar-refractivity contribution in [1.29, 1.82) is 0 Å². The highest BCUT2D eigenvalue weighted by Crippen LogP contribution is 2.42. The van der Waals surface area contributed by atoms with Crippen molar-refractivity contribution in [2.75, 3.05) is 0 Å². The molecular weight excluding hydrogens is 374 g/mol. The SMILES string of the molecule is Cc1c(C)c(C2CCC(CC=C(F)F)CC2)c(C)c(C)c1CCC1CCC(C)CC1. The zero-order valence-corrected chi connectivity index (χ0v) is 19.9. The van der Waals surface area contributed by atoms with Crippen LogP contribution in [0.3, 0.4) is 0 Å². The Bertz CT molecular complexity index is 711. The van der Waals surface area contributed by atoms with Crippen molar-refractivity contribution in [3.05, 3.63) is 45.5 Å². The average molecular weight is 417 g/mol. The van der Waals surface area contributed by atoms with Crippen LogP contribution in [0.25, 0.3) is 0 Å². The largest absolute Gasteiger partial charge is 0.266 e. The lowest BCUT2D eigenvalue weighted by molar-refractivity contribution is 0.277. The van der Waals surface area contributed by atoms with Crippen molar-refractivity contribution in [2.24, 2.45) is 17.8 Å². The van der Waals surface area contributed by atoms with E-state index in [0.29, 0.717) is 18.3 Å². The maximum atomic E-state index is 12.4. The first-order chi connectivity index (χ1) is 14.3. The van der Waals surface area contributed by atoms with Gasteiger partial charge in [0.05, 0.1) is 0 Å². The molecule has 0 heterocycles. The Labute approximate surface area is 183 Å². The van der Waals surface area contributed by atoms with Crippen molar-refractivity contribution < 1.29 is 8.78 Å². The first-order valence-electron chi connectivity index (χ1n) is 12.4. The van der Waals surface area contributed by atoms with E-state index in [1.807, 2.05) is 0 Å². The van der Waals surface area contributed by atoms with Gasteiger partial charge in [0.15, 0.2) is 0 Å². The van der Waals surface area contributed by atoms with Gasteiger partial charge in [-0.3, -0.25) is 0 Å². The summed E-state index contributed by atoms with van der Waals surface area (Å²) >= 11 is 0. The minimum absolute atomic E-state index is 0.433. The summed E-state index contributed by atoms with van der Waals surface area (Å²) < 4.78 is 24.8. The van der Waals surface area contributed by atoms with Crippen molar-refractivity contribution >= 4 is 0 Å². The van der Waals surface area contributed by atoms with Gasteiger partial charge in [-0.15, -0.1) is 0 Å². The lowest BCUT2D eigenvalue weighted by atomic mass is 9.73. The lowest BCUT2D eigenvalue weighted by Gasteiger charge is -2.32. The van der Waals surface area contributed by atoms with E-state index in [-0.39, 0.29) is 0 Å². The molecule has 2 aliphatic carbocycles. The summed E-state index contributed by atoms with van der Waals surface area (Å²) in [6.45, 7) is 11.7. The summed E-state index contributed by atoms with van der Waals surface area (Å²) in [5.74, 6) is 2.88. The Hall–Kier alpha value is -1.18. The van der Waals surface area contributed by atoms with Gasteiger partial charge < -0.3 is 0 Å². The second kappa shape index (κ2) is 10.4. The molecule has 0 aromatic heterocycles. The van der Waals surface area contributed by atoms with Crippen LogP contribution in [0.15, 0.2) is 12.2 Å². The van der Waals surface area contributed by atoms with Gasteiger partial charge in [0.1, 0.15) is 0 Å². The van der Waals surface area contributed by atoms with Gasteiger partial charge in [-0.2, -0.15) is 8.78 Å². The van der Waals surface area contributed by atoms with Crippen LogP contribution in [-0.2, 0) is 6.42 Å². The maximum absolute atomic E-state index is 12.4. The van der Waals surface area contributed by atoms with E-state index in [9.17, 15) is 8.78 Å². The summed E-state index contributed by atoms with van der Waals surface area (Å²) in [5.41, 5.74) is 9.21. The topological polar surface area (TPSA) is 0 Å². The molecule has 168 valence electrons. The highest BCUT2D eigenvalue weighted by Gasteiger charge is 2.27. The number of hydrogen-bond acceptors (Lipinski definition) is 0. The predicted octanol–water partition coefficient (Wildman–Crippen LogP) is 9.12. The monoisotopic (exact) mass is 416 g/mol. The zero-order valence-electron chi connectivity index (χ0n) is 19.9. The predicted molar refractivity (Wildman–Crippen MR) is 124 cm³/mol. The molecular formula is C28H42F2. The molecule has 0 amide bonds. The van der Waals surface area contributed by atoms with Crippen LogP contribution in [0.5, 0.6) is 0 Å². The Balaban J connectivity index is 1.69. The normalized spacial score (nSPS) is 27.2. The molecule has 0 nitrogen and oxygen atoms in total. The number of benzene rings is 1. The summed E-state index contributed by atoms with van der Waals surface area (Å²) in [7, 11) is 0. The summed E-state index contributed by atoms with van der Waals surface area (Å²) in [4.78, 5) is 0. The van der Waals surface area contributed by atoms with E-state index in [0.717, 1.165) is 43.6 Å². The van der Waals surface area contributed by atoms with Crippen LogP contribution in [0.2, 0.25) is 0 Å². The van der Waals surface area contributed by atoms with Gasteiger partial charge in [0, 0.05) is 0 Å². The molecule has 0 radical (unpaired) electrons. The zero-order chi connectivity index (χ0) is 21.8. The first-order valence-corrected chi connectivity index (χ1v) is 12.4. The van der Waals surface area contributed by atoms with E-state index < -0.39 is 6.08 Å². The molecule has 0 aliphatic heterocycles. The van der Waals surface area contributed by atoms with E-state index in [1.54, 1.807) is 11.1 Å². The summed E-state index contributed by atoms with van der Waals surface area (Å²) in [5, 5.41) is 0. The fourth-order valence-electron chi connectivity index (χ4n) is 6.32. The lowest BCUT2D eigenvalue weighted by Crippen LogP contribution is -2.17. The summed E-state index contributed by atoms with van der Waals surface area (Å²) in [6.07, 6.45) is 12.8. The van der Waals surface area contributed by atoms with Gasteiger partial charge in [-0.25, -0.2) is 0 Å². The number of halogens is 2. The second-order valence-corrected chi connectivity index (χ2v) is 10.5. The van der Waals surface area contributed by atoms with Crippen LogP contribution in [0, 0.1) is 45.4 Å². The van der Waals surface area contributed by atoms with Crippen molar-refractivity contribution in [3.63, 3.8) is 0 Å². The Morgan fingerprint density at radius 3 is 1.83 bits per heavy atom. The molecule has 3 rings (SSSR count). The highest BCUT2D eigenvalue weighted by molar-refractivity contribution is 5.51. The minimum Gasteiger partial charge on any atom is -0.174 e. The smallest absolute Gasteiger partial charge is 0.174 e. The highest BCUT2D eigenvalue weighted by atomic mass is 19.3. The quantitative estimate of drug-likeness (QED) is 0.433. The van der Waals surface area contributed by atoms with E-state index in [4.69, 9.17) is 0 Å².